The molecule has 1 aliphatic carbocycles. The molecule has 0 bridgehead atoms. The number of carbonyl (C=O) groups excluding carboxylic acids is 1. The summed E-state index contributed by atoms with van der Waals surface area (Å²) < 4.78 is 23.3. The van der Waals surface area contributed by atoms with Gasteiger partial charge in [-0.3, -0.25) is 9.78 Å². The van der Waals surface area contributed by atoms with Crippen LogP contribution in [0.3, 0.4) is 0 Å². The molecule has 1 atom stereocenters. The Morgan fingerprint density at radius 3 is 2.49 bits per heavy atom. The molecule has 6 rings (SSSR count). The Hall–Kier alpha value is -4.72. The maximum Gasteiger partial charge on any atom is 0.261 e. The number of hydrogen-bond acceptors (Lipinski definition) is 8. The molecular formula is C33H33N3O5. The summed E-state index contributed by atoms with van der Waals surface area (Å²) in [7, 11) is 2.96. The molecule has 2 aromatic carbocycles. The van der Waals surface area contributed by atoms with Gasteiger partial charge in [0.1, 0.15) is 24.2 Å². The summed E-state index contributed by atoms with van der Waals surface area (Å²) in [6.45, 7) is 5.99. The van der Waals surface area contributed by atoms with E-state index in [1.807, 2.05) is 42.6 Å². The largest absolute Gasteiger partial charge is 0.492 e. The first-order chi connectivity index (χ1) is 20.1. The number of allylic oxidation sites excluding steroid dienone is 3. The second kappa shape index (κ2) is 11.4. The second-order valence-electron chi connectivity index (χ2n) is 10.1. The molecule has 0 spiro atoms. The van der Waals surface area contributed by atoms with Gasteiger partial charge in [0.25, 0.3) is 5.78 Å². The zero-order valence-corrected chi connectivity index (χ0v) is 23.5. The summed E-state index contributed by atoms with van der Waals surface area (Å²) in [5, 5.41) is 0. The van der Waals surface area contributed by atoms with Crippen LogP contribution in [-0.4, -0.2) is 51.2 Å². The van der Waals surface area contributed by atoms with Gasteiger partial charge in [-0.25, -0.2) is 0 Å². The van der Waals surface area contributed by atoms with Gasteiger partial charge in [-0.1, -0.05) is 18.2 Å². The first-order valence-corrected chi connectivity index (χ1v) is 13.8. The number of pyridine rings is 1. The zero-order chi connectivity index (χ0) is 28.3. The first-order valence-electron chi connectivity index (χ1n) is 13.8. The minimum atomic E-state index is -0.273. The summed E-state index contributed by atoms with van der Waals surface area (Å²) >= 11 is 0. The van der Waals surface area contributed by atoms with Crippen molar-refractivity contribution in [3.63, 3.8) is 0 Å². The molecule has 8 nitrogen and oxygen atoms in total. The van der Waals surface area contributed by atoms with Crippen molar-refractivity contribution in [3.05, 3.63) is 107 Å². The van der Waals surface area contributed by atoms with Gasteiger partial charge in [0.2, 0.25) is 0 Å². The summed E-state index contributed by atoms with van der Waals surface area (Å²) in [6.07, 6.45) is 7.03. The van der Waals surface area contributed by atoms with Crippen molar-refractivity contribution in [2.24, 2.45) is 0 Å². The number of ether oxygens (including phenoxy) is 4. The molecular weight excluding hydrogens is 518 g/mol. The quantitative estimate of drug-likeness (QED) is 0.383. The lowest BCUT2D eigenvalue weighted by Crippen LogP contribution is -2.35. The van der Waals surface area contributed by atoms with Gasteiger partial charge in [-0.15, -0.1) is 0 Å². The molecule has 2 aliphatic heterocycles. The normalized spacial score (nSPS) is 17.9. The van der Waals surface area contributed by atoms with Gasteiger partial charge >= 0.3 is 0 Å². The Balaban J connectivity index is 1.36. The highest BCUT2D eigenvalue weighted by Gasteiger charge is 2.29. The van der Waals surface area contributed by atoms with E-state index in [0.717, 1.165) is 58.4 Å². The Labute approximate surface area is 240 Å². The van der Waals surface area contributed by atoms with Gasteiger partial charge in [-0.2, -0.15) is 0 Å². The van der Waals surface area contributed by atoms with E-state index in [1.54, 1.807) is 12.2 Å². The maximum atomic E-state index is 12.4. The lowest BCUT2D eigenvalue weighted by Gasteiger charge is -2.37. The van der Waals surface area contributed by atoms with Crippen molar-refractivity contribution in [1.29, 1.82) is 0 Å². The minimum Gasteiger partial charge on any atom is -0.492 e. The summed E-state index contributed by atoms with van der Waals surface area (Å²) in [4.78, 5) is 21.6. The number of hydrogen-bond donors (Lipinski definition) is 0. The van der Waals surface area contributed by atoms with Crippen LogP contribution < -0.4 is 19.3 Å². The number of anilines is 2. The Kier molecular flexibility index (Phi) is 7.37. The number of aromatic nitrogens is 1. The van der Waals surface area contributed by atoms with Crippen molar-refractivity contribution in [3.8, 4) is 11.5 Å². The van der Waals surface area contributed by atoms with Crippen molar-refractivity contribution >= 4 is 23.2 Å². The predicted molar refractivity (Wildman–Crippen MR) is 158 cm³/mol. The van der Waals surface area contributed by atoms with Gasteiger partial charge in [0.05, 0.1) is 50.9 Å². The minimum absolute atomic E-state index is 0.202. The number of ketones is 1. The Bertz CT molecular complexity index is 1520. The van der Waals surface area contributed by atoms with E-state index < -0.39 is 0 Å². The third kappa shape index (κ3) is 5.37. The molecule has 0 N–H and O–H groups in total. The first kappa shape index (κ1) is 26.5. The van der Waals surface area contributed by atoms with Crippen LogP contribution in [-0.2, 0) is 20.8 Å². The average molecular weight is 552 g/mol. The van der Waals surface area contributed by atoms with E-state index in [-0.39, 0.29) is 23.4 Å². The molecule has 1 aromatic heterocycles. The van der Waals surface area contributed by atoms with Crippen LogP contribution in [0.1, 0.15) is 29.8 Å². The summed E-state index contributed by atoms with van der Waals surface area (Å²) in [5.41, 5.74) is 5.89. The van der Waals surface area contributed by atoms with Gasteiger partial charge in [-0.05, 0) is 78.3 Å². The highest BCUT2D eigenvalue weighted by Crippen LogP contribution is 2.42. The molecule has 210 valence electrons. The van der Waals surface area contributed by atoms with Crippen LogP contribution in [0.15, 0.2) is 90.0 Å². The van der Waals surface area contributed by atoms with E-state index in [4.69, 9.17) is 18.9 Å². The van der Waals surface area contributed by atoms with E-state index in [9.17, 15) is 4.79 Å². The summed E-state index contributed by atoms with van der Waals surface area (Å²) in [6, 6.07) is 18.5. The van der Waals surface area contributed by atoms with E-state index in [0.29, 0.717) is 19.7 Å². The van der Waals surface area contributed by atoms with E-state index >= 15 is 0 Å². The third-order valence-electron chi connectivity index (χ3n) is 7.57. The van der Waals surface area contributed by atoms with E-state index in [2.05, 4.69) is 46.0 Å². The number of rotatable bonds is 7. The van der Waals surface area contributed by atoms with Crippen LogP contribution in [0.2, 0.25) is 0 Å². The molecule has 0 amide bonds. The third-order valence-corrected chi connectivity index (χ3v) is 7.57. The topological polar surface area (TPSA) is 73.4 Å². The summed E-state index contributed by atoms with van der Waals surface area (Å²) in [5.74, 6) is 1.88. The fourth-order valence-electron chi connectivity index (χ4n) is 5.47. The Morgan fingerprint density at radius 1 is 0.976 bits per heavy atom. The van der Waals surface area contributed by atoms with Crippen LogP contribution >= 0.6 is 0 Å². The second-order valence-corrected chi connectivity index (χ2v) is 10.1. The number of nitrogens with zero attached hydrogens (tertiary/aromatic N) is 3. The molecule has 8 heteroatoms. The molecule has 0 saturated carbocycles. The maximum absolute atomic E-state index is 12.4. The van der Waals surface area contributed by atoms with Gasteiger partial charge in [0, 0.05) is 12.7 Å². The predicted octanol–water partition coefficient (Wildman–Crippen LogP) is 5.47. The van der Waals surface area contributed by atoms with Crippen molar-refractivity contribution < 1.29 is 23.7 Å². The van der Waals surface area contributed by atoms with Crippen LogP contribution in [0.25, 0.3) is 6.08 Å². The number of methoxy groups -OCH3 is 2. The molecule has 3 aromatic rings. The number of fused-ring (bicyclic) bond motifs is 2. The van der Waals surface area contributed by atoms with Crippen molar-refractivity contribution in [1.82, 2.24) is 4.98 Å². The number of Topliss-reactive ketones (excluding diaryl/α,β-unsaturated/α-hetero) is 1. The highest BCUT2D eigenvalue weighted by molar-refractivity contribution is 6.07. The van der Waals surface area contributed by atoms with Crippen molar-refractivity contribution in [2.45, 2.75) is 19.6 Å². The molecule has 0 fully saturated rings. The monoisotopic (exact) mass is 551 g/mol. The average Bonchev–Trinajstić information content (AvgIpc) is 3.01. The van der Waals surface area contributed by atoms with Crippen LogP contribution in [0.4, 0.5) is 11.4 Å². The number of likely N-dealkylation sites (N-methyl/N-ethyl adjacent to an activating group) is 1. The molecule has 0 radical (unpaired) electrons. The highest BCUT2D eigenvalue weighted by atomic mass is 16.5. The molecule has 3 aliphatic rings. The smallest absolute Gasteiger partial charge is 0.261 e. The van der Waals surface area contributed by atoms with Gasteiger partial charge in [0.15, 0.2) is 11.5 Å². The molecule has 41 heavy (non-hydrogen) atoms. The molecule has 3 heterocycles. The molecule has 0 saturated heterocycles. The zero-order valence-electron chi connectivity index (χ0n) is 23.5. The lowest BCUT2D eigenvalue weighted by molar-refractivity contribution is -0.117. The SMILES string of the molecule is CCN1CCOc2cc(C3CN(Cc4ccccn4)c4ccc(C=C5C=C(OC)C(=O)C(OC)=C5)cc4O3)ccc21. The number of benzene rings is 2. The lowest BCUT2D eigenvalue weighted by atomic mass is 10.0. The van der Waals surface area contributed by atoms with E-state index in [1.165, 1.54) is 14.2 Å². The Morgan fingerprint density at radius 2 is 1.76 bits per heavy atom. The van der Waals surface area contributed by atoms with Gasteiger partial charge < -0.3 is 28.7 Å². The standard InChI is InChI=1S/C33H33N3O5/c1-4-35-13-14-40-28-19-24(9-11-26(28)35)32-21-36(20-25-7-5-6-12-34-25)27-10-8-22(16-29(27)41-32)15-23-17-30(38-2)33(37)31(18-23)39-3/h5-12,15-19,32H,4,13-14,20-21H2,1-3H3. The number of carbonyl (C=O) groups is 1. The fraction of sp³-hybridized carbons (Fsp3) is 0.273. The van der Waals surface area contributed by atoms with Crippen LogP contribution in [0, 0.1) is 0 Å². The van der Waals surface area contributed by atoms with Crippen LogP contribution in [0.5, 0.6) is 11.5 Å². The van der Waals surface area contributed by atoms with Crippen molar-refractivity contribution in [2.75, 3.05) is 50.3 Å². The fourth-order valence-corrected chi connectivity index (χ4v) is 5.47. The molecule has 1 unspecified atom stereocenters.